The predicted octanol–water partition coefficient (Wildman–Crippen LogP) is 8.36. The van der Waals surface area contributed by atoms with Gasteiger partial charge in [0.1, 0.15) is 12.2 Å². The molecule has 0 aliphatic rings. The summed E-state index contributed by atoms with van der Waals surface area (Å²) in [7, 11) is -22.5. The fourth-order valence-corrected chi connectivity index (χ4v) is 9.73. The van der Waals surface area contributed by atoms with Crippen molar-refractivity contribution < 1.29 is 108 Å². The molecule has 0 aromatic carbocycles. The van der Waals surface area contributed by atoms with Crippen molar-refractivity contribution in [2.75, 3.05) is 73.2 Å². The second-order valence-corrected chi connectivity index (χ2v) is 22.6. The van der Waals surface area contributed by atoms with Crippen molar-refractivity contribution in [1.29, 1.82) is 0 Å². The Morgan fingerprint density at radius 2 is 0.569 bits per heavy atom. The fourth-order valence-electron chi connectivity index (χ4n) is 5.85. The molecule has 0 amide bonds. The van der Waals surface area contributed by atoms with E-state index < -0.39 is 77.7 Å². The predicted molar refractivity (Wildman–Crippen MR) is 240 cm³/mol. The maximum absolute atomic E-state index is 12.8. The summed E-state index contributed by atoms with van der Waals surface area (Å²) in [4.78, 5) is 50.1. The third-order valence-corrected chi connectivity index (χ3v) is 14.5. The van der Waals surface area contributed by atoms with Crippen LogP contribution in [0.3, 0.4) is 0 Å². The van der Waals surface area contributed by atoms with Crippen molar-refractivity contribution in [3.63, 3.8) is 0 Å². The smallest absolute Gasteiger partial charge is 0.396 e. The maximum Gasteiger partial charge on any atom is 0.472 e. The second kappa shape index (κ2) is 40.1. The fraction of sp³-hybridized carbons (Fsp3) is 1.00. The average molecular weight is 1050 g/mol. The first-order valence-electron chi connectivity index (χ1n) is 22.7. The van der Waals surface area contributed by atoms with Gasteiger partial charge in [-0.05, 0) is 38.5 Å². The van der Waals surface area contributed by atoms with Gasteiger partial charge in [0, 0.05) is 20.3 Å². The molecule has 392 valence electrons. The van der Waals surface area contributed by atoms with Crippen molar-refractivity contribution in [2.45, 2.75) is 166 Å². The molecule has 0 aromatic rings. The molecular weight excluding hydrogens is 967 g/mol. The van der Waals surface area contributed by atoms with Crippen LogP contribution >= 0.6 is 39.1 Å². The van der Waals surface area contributed by atoms with Gasteiger partial charge in [-0.2, -0.15) is 0 Å². The lowest BCUT2D eigenvalue weighted by Gasteiger charge is -2.23. The third kappa shape index (κ3) is 43.0. The van der Waals surface area contributed by atoms with Gasteiger partial charge in [0.2, 0.25) is 0 Å². The highest BCUT2D eigenvalue weighted by atomic mass is 31.2. The Morgan fingerprint density at radius 3 is 0.846 bits per heavy atom. The van der Waals surface area contributed by atoms with Crippen molar-refractivity contribution in [1.82, 2.24) is 0 Å². The summed E-state index contributed by atoms with van der Waals surface area (Å²) in [6, 6.07) is 0. The molecule has 0 fully saturated rings. The van der Waals surface area contributed by atoms with Gasteiger partial charge in [0.25, 0.3) is 0 Å². The first-order valence-corrected chi connectivity index (χ1v) is 30.2. The van der Waals surface area contributed by atoms with Crippen LogP contribution in [-0.2, 0) is 68.1 Å². The summed E-state index contributed by atoms with van der Waals surface area (Å²) in [5, 5.41) is 26.9. The summed E-state index contributed by atoms with van der Waals surface area (Å²) in [6.07, 6.45) is 16.7. The van der Waals surface area contributed by atoms with E-state index in [2.05, 4.69) is 13.6 Å². The lowest BCUT2D eigenvalue weighted by atomic mass is 10.1. The standard InChI is InChI=1S/C37H81O23P5/c1-51-61(41,42)59-36(32-40)33-56-62(43,44)52-30-24-18-19-25-31-55-65(49,50)60-37(34-57-63(45,46)53-28-22-16-12-8-4-2-6-10-14-20-26-38)35-58-64(47,48)54-29-23-17-13-9-5-3-7-11-15-21-27-39/h36-40H,2-35H2,1H3,(H,41,42)(H,43,44)(H,45,46)(H,47,48)(H,49,50). The van der Waals surface area contributed by atoms with Gasteiger partial charge in [0.05, 0.1) is 52.9 Å². The number of phosphoric ester groups is 5. The van der Waals surface area contributed by atoms with E-state index in [0.29, 0.717) is 25.7 Å². The van der Waals surface area contributed by atoms with Crippen LogP contribution in [0.2, 0.25) is 0 Å². The molecule has 0 rings (SSSR count). The van der Waals surface area contributed by atoms with Gasteiger partial charge in [-0.1, -0.05) is 116 Å². The number of rotatable bonds is 50. The number of aliphatic hydroxyl groups excluding tert-OH is 3. The summed E-state index contributed by atoms with van der Waals surface area (Å²) in [5.74, 6) is 0. The SMILES string of the molecule is COP(=O)(O)OC(CO)COP(=O)(O)OCCCCCCOP(=O)(O)OC(COP(=O)(O)OCCCCCCCCCCCCO)COP(=O)(O)OCCCCCCCCCCCCO. The van der Waals surface area contributed by atoms with Gasteiger partial charge in [-0.25, -0.2) is 22.8 Å². The summed E-state index contributed by atoms with van der Waals surface area (Å²) in [5.41, 5.74) is 0. The molecule has 6 atom stereocenters. The molecule has 0 spiro atoms. The zero-order chi connectivity index (χ0) is 48.8. The van der Waals surface area contributed by atoms with Gasteiger partial charge < -0.3 is 39.8 Å². The van der Waals surface area contributed by atoms with Crippen molar-refractivity contribution in [2.24, 2.45) is 0 Å². The maximum atomic E-state index is 12.8. The number of hydrogen-bond donors (Lipinski definition) is 8. The van der Waals surface area contributed by atoms with Crippen LogP contribution in [0.25, 0.3) is 0 Å². The normalized spacial score (nSPS) is 17.7. The average Bonchev–Trinajstić information content (AvgIpc) is 3.25. The molecule has 0 radical (unpaired) electrons. The van der Waals surface area contributed by atoms with E-state index in [0.717, 1.165) is 123 Å². The Labute approximate surface area is 385 Å². The quantitative estimate of drug-likeness (QED) is 0.0209. The largest absolute Gasteiger partial charge is 0.472 e. The van der Waals surface area contributed by atoms with E-state index in [1.807, 2.05) is 0 Å². The molecule has 0 aliphatic carbocycles. The molecule has 65 heavy (non-hydrogen) atoms. The van der Waals surface area contributed by atoms with E-state index in [4.69, 9.17) is 41.9 Å². The molecule has 6 unspecified atom stereocenters. The monoisotopic (exact) mass is 1050 g/mol. The van der Waals surface area contributed by atoms with Crippen molar-refractivity contribution >= 4 is 39.1 Å². The van der Waals surface area contributed by atoms with Crippen LogP contribution in [0.15, 0.2) is 0 Å². The highest BCUT2D eigenvalue weighted by Crippen LogP contribution is 2.50. The lowest BCUT2D eigenvalue weighted by Crippen LogP contribution is -2.25. The van der Waals surface area contributed by atoms with Crippen LogP contribution < -0.4 is 0 Å². The van der Waals surface area contributed by atoms with Crippen molar-refractivity contribution in [3.05, 3.63) is 0 Å². The van der Waals surface area contributed by atoms with E-state index >= 15 is 0 Å². The first-order chi connectivity index (χ1) is 30.8. The number of aliphatic hydroxyl groups is 3. The molecule has 28 heteroatoms. The summed E-state index contributed by atoms with van der Waals surface area (Å²) in [6.45, 7) is -3.68. The first kappa shape index (κ1) is 65.4. The minimum Gasteiger partial charge on any atom is -0.396 e. The number of hydrogen-bond acceptors (Lipinski definition) is 18. The van der Waals surface area contributed by atoms with Gasteiger partial charge in [-0.15, -0.1) is 0 Å². The topological polar surface area (TPSA) is 339 Å². The Bertz CT molecular complexity index is 1330. The van der Waals surface area contributed by atoms with E-state index in [1.165, 1.54) is 0 Å². The highest BCUT2D eigenvalue weighted by Gasteiger charge is 2.33. The highest BCUT2D eigenvalue weighted by molar-refractivity contribution is 7.48. The zero-order valence-corrected chi connectivity index (χ0v) is 42.6. The molecule has 0 saturated heterocycles. The Morgan fingerprint density at radius 1 is 0.323 bits per heavy atom. The van der Waals surface area contributed by atoms with Crippen LogP contribution in [0, 0.1) is 0 Å². The van der Waals surface area contributed by atoms with Crippen molar-refractivity contribution in [3.8, 4) is 0 Å². The number of unbranched alkanes of at least 4 members (excludes halogenated alkanes) is 21. The molecule has 0 heterocycles. The number of phosphoric acid groups is 5. The lowest BCUT2D eigenvalue weighted by molar-refractivity contribution is 0.0188. The molecule has 23 nitrogen and oxygen atoms in total. The molecule has 0 aliphatic heterocycles. The molecule has 8 N–H and O–H groups in total. The second-order valence-electron chi connectivity index (χ2n) is 15.3. The van der Waals surface area contributed by atoms with Crippen LogP contribution in [0.1, 0.15) is 154 Å². The molecular formula is C37H81O23P5. The summed E-state index contributed by atoms with van der Waals surface area (Å²) >= 11 is 0. The molecule has 0 aromatic heterocycles. The van der Waals surface area contributed by atoms with Crippen LogP contribution in [0.4, 0.5) is 0 Å². The van der Waals surface area contributed by atoms with Gasteiger partial charge in [-0.3, -0.25) is 45.2 Å². The Hall–Kier alpha value is 0.430. The zero-order valence-electron chi connectivity index (χ0n) is 38.1. The van der Waals surface area contributed by atoms with Crippen LogP contribution in [0.5, 0.6) is 0 Å². The van der Waals surface area contributed by atoms with E-state index in [9.17, 15) is 52.4 Å². The van der Waals surface area contributed by atoms with Crippen LogP contribution in [-0.4, -0.2) is 125 Å². The third-order valence-electron chi connectivity index (χ3n) is 9.43. The van der Waals surface area contributed by atoms with E-state index in [-0.39, 0.29) is 52.5 Å². The van der Waals surface area contributed by atoms with Gasteiger partial charge >= 0.3 is 39.1 Å². The minimum absolute atomic E-state index is 0.102. The van der Waals surface area contributed by atoms with E-state index in [1.54, 1.807) is 0 Å². The Balaban J connectivity index is 4.89. The van der Waals surface area contributed by atoms with Gasteiger partial charge in [0.15, 0.2) is 0 Å². The summed E-state index contributed by atoms with van der Waals surface area (Å²) < 4.78 is 110. The minimum atomic E-state index is -4.91. The molecule has 0 bridgehead atoms. The Kier molecular flexibility index (Phi) is 40.3. The molecule has 0 saturated carbocycles.